The third kappa shape index (κ3) is 15.8. The van der Waals surface area contributed by atoms with Crippen LogP contribution in [-0.2, 0) is 23.8 Å². The molecule has 0 aromatic carbocycles. The summed E-state index contributed by atoms with van der Waals surface area (Å²) >= 11 is 0.324. The molecule has 0 bridgehead atoms. The molecule has 164 valence electrons. The summed E-state index contributed by atoms with van der Waals surface area (Å²) in [6.07, 6.45) is 2.10. The summed E-state index contributed by atoms with van der Waals surface area (Å²) < 4.78 is 15.6. The number of esters is 2. The zero-order valence-corrected chi connectivity index (χ0v) is 20.1. The summed E-state index contributed by atoms with van der Waals surface area (Å²) in [6.45, 7) is 12.9. The second-order valence-electron chi connectivity index (χ2n) is 8.40. The third-order valence-electron chi connectivity index (χ3n) is 3.16. The van der Waals surface area contributed by atoms with Crippen LogP contribution in [-0.4, -0.2) is 56.8 Å². The molecule has 1 amide bonds. The Balaban J connectivity index is 4.40. The molecular formula is C20H37NO6Se. The molecule has 0 saturated heterocycles. The van der Waals surface area contributed by atoms with Crippen molar-refractivity contribution in [3.63, 3.8) is 0 Å². The van der Waals surface area contributed by atoms with Crippen LogP contribution in [0.2, 0.25) is 10.6 Å². The van der Waals surface area contributed by atoms with Crippen molar-refractivity contribution < 1.29 is 28.6 Å². The molecule has 0 aromatic rings. The second-order valence-corrected chi connectivity index (χ2v) is 11.0. The zero-order valence-electron chi connectivity index (χ0n) is 18.4. The molecule has 1 atom stereocenters. The van der Waals surface area contributed by atoms with Crippen LogP contribution in [0.1, 0.15) is 74.1 Å². The van der Waals surface area contributed by atoms with Gasteiger partial charge in [-0.05, 0) is 0 Å². The average Bonchev–Trinajstić information content (AvgIpc) is 2.49. The van der Waals surface area contributed by atoms with Crippen molar-refractivity contribution in [3.05, 3.63) is 0 Å². The Morgan fingerprint density at radius 3 is 2.07 bits per heavy atom. The number of nitrogens with one attached hydrogen (secondary N) is 1. The van der Waals surface area contributed by atoms with Gasteiger partial charge < -0.3 is 0 Å². The minimum absolute atomic E-state index is 0.151. The quantitative estimate of drug-likeness (QED) is 0.215. The first-order valence-electron chi connectivity index (χ1n) is 9.80. The molecule has 0 radical (unpaired) electrons. The number of hydrogen-bond acceptors (Lipinski definition) is 6. The van der Waals surface area contributed by atoms with Crippen molar-refractivity contribution in [2.45, 2.75) is 102 Å². The van der Waals surface area contributed by atoms with Crippen LogP contribution >= 0.6 is 0 Å². The summed E-state index contributed by atoms with van der Waals surface area (Å²) in [5.74, 6) is -0.599. The fraction of sp³-hybridized carbons (Fsp3) is 0.850. The Labute approximate surface area is 175 Å². The van der Waals surface area contributed by atoms with Crippen molar-refractivity contribution in [1.29, 1.82) is 0 Å². The van der Waals surface area contributed by atoms with E-state index in [0.717, 1.165) is 23.5 Å². The van der Waals surface area contributed by atoms with E-state index in [1.807, 2.05) is 0 Å². The Hall–Kier alpha value is -1.27. The SMILES string of the molecule is CCOC(=O)CCCC[Se]CCC(NC(=O)OC(C)(C)C)C(=O)OC(C)(C)C. The van der Waals surface area contributed by atoms with Crippen LogP contribution in [0, 0.1) is 0 Å². The molecule has 0 saturated carbocycles. The zero-order chi connectivity index (χ0) is 21.8. The fourth-order valence-electron chi connectivity index (χ4n) is 2.08. The number of ether oxygens (including phenoxy) is 3. The molecule has 1 unspecified atom stereocenters. The first-order chi connectivity index (χ1) is 12.8. The van der Waals surface area contributed by atoms with Gasteiger partial charge in [0, 0.05) is 0 Å². The standard InChI is InChI=1S/C20H37NO6Se/c1-8-25-16(22)11-9-10-13-28-14-12-15(17(23)26-19(2,3)4)21-18(24)27-20(5,6)7/h15H,8-14H2,1-7H3,(H,21,24). The number of unbranched alkanes of at least 4 members (excludes halogenated alkanes) is 1. The maximum absolute atomic E-state index is 12.4. The maximum atomic E-state index is 12.4. The van der Waals surface area contributed by atoms with Gasteiger partial charge in [-0.1, -0.05) is 0 Å². The van der Waals surface area contributed by atoms with Gasteiger partial charge >= 0.3 is 176 Å². The molecule has 0 heterocycles. The fourth-order valence-corrected chi connectivity index (χ4v) is 4.21. The van der Waals surface area contributed by atoms with Crippen LogP contribution in [0.5, 0.6) is 0 Å². The number of rotatable bonds is 11. The Bertz CT molecular complexity index is 496. The number of alkyl carbamates (subject to hydrolysis) is 1. The van der Waals surface area contributed by atoms with Gasteiger partial charge in [0.15, 0.2) is 0 Å². The van der Waals surface area contributed by atoms with Gasteiger partial charge in [-0.15, -0.1) is 0 Å². The molecule has 8 heteroatoms. The molecule has 1 N–H and O–H groups in total. The third-order valence-corrected chi connectivity index (χ3v) is 5.47. The van der Waals surface area contributed by atoms with E-state index < -0.39 is 29.3 Å². The molecule has 7 nitrogen and oxygen atoms in total. The number of carbonyl (C=O) groups is 3. The Morgan fingerprint density at radius 1 is 0.929 bits per heavy atom. The summed E-state index contributed by atoms with van der Waals surface area (Å²) in [5.41, 5.74) is -1.26. The van der Waals surface area contributed by atoms with Gasteiger partial charge in [0.25, 0.3) is 0 Å². The predicted molar refractivity (Wildman–Crippen MR) is 109 cm³/mol. The van der Waals surface area contributed by atoms with E-state index in [-0.39, 0.29) is 5.97 Å². The summed E-state index contributed by atoms with van der Waals surface area (Å²) in [6, 6.07) is -0.726. The number of amides is 1. The summed E-state index contributed by atoms with van der Waals surface area (Å²) in [5, 5.41) is 4.48. The minimum atomic E-state index is -0.726. The number of carbonyl (C=O) groups excluding carboxylic acids is 3. The molecule has 0 aromatic heterocycles. The van der Waals surface area contributed by atoms with E-state index in [9.17, 15) is 14.4 Å². The first-order valence-corrected chi connectivity index (χ1v) is 12.2. The molecule has 0 aliphatic carbocycles. The summed E-state index contributed by atoms with van der Waals surface area (Å²) in [4.78, 5) is 35.8. The Morgan fingerprint density at radius 2 is 1.54 bits per heavy atom. The van der Waals surface area contributed by atoms with E-state index in [2.05, 4.69) is 5.32 Å². The topological polar surface area (TPSA) is 90.9 Å². The first kappa shape index (κ1) is 26.7. The van der Waals surface area contributed by atoms with E-state index in [0.29, 0.717) is 34.4 Å². The van der Waals surface area contributed by atoms with Gasteiger partial charge in [-0.2, -0.15) is 0 Å². The molecule has 0 aliphatic heterocycles. The van der Waals surface area contributed by atoms with Gasteiger partial charge in [-0.25, -0.2) is 0 Å². The van der Waals surface area contributed by atoms with Crippen molar-refractivity contribution in [2.75, 3.05) is 6.61 Å². The van der Waals surface area contributed by atoms with Gasteiger partial charge in [0.05, 0.1) is 0 Å². The van der Waals surface area contributed by atoms with Crippen molar-refractivity contribution in [3.8, 4) is 0 Å². The van der Waals surface area contributed by atoms with E-state index >= 15 is 0 Å². The van der Waals surface area contributed by atoms with Crippen LogP contribution < -0.4 is 5.32 Å². The molecule has 0 fully saturated rings. The normalized spacial score (nSPS) is 12.8. The van der Waals surface area contributed by atoms with Crippen molar-refractivity contribution in [1.82, 2.24) is 5.32 Å². The molecule has 28 heavy (non-hydrogen) atoms. The van der Waals surface area contributed by atoms with E-state index in [1.165, 1.54) is 0 Å². The average molecular weight is 466 g/mol. The van der Waals surface area contributed by atoms with E-state index in [4.69, 9.17) is 14.2 Å². The monoisotopic (exact) mass is 467 g/mol. The van der Waals surface area contributed by atoms with Crippen LogP contribution in [0.3, 0.4) is 0 Å². The van der Waals surface area contributed by atoms with Crippen LogP contribution in [0.15, 0.2) is 0 Å². The van der Waals surface area contributed by atoms with Crippen molar-refractivity contribution in [2.24, 2.45) is 0 Å². The second kappa shape index (κ2) is 13.0. The summed E-state index contributed by atoms with van der Waals surface area (Å²) in [7, 11) is 0. The van der Waals surface area contributed by atoms with E-state index in [1.54, 1.807) is 48.5 Å². The molecular weight excluding hydrogens is 429 g/mol. The van der Waals surface area contributed by atoms with Crippen LogP contribution in [0.25, 0.3) is 0 Å². The van der Waals surface area contributed by atoms with Gasteiger partial charge in [-0.3, -0.25) is 0 Å². The molecule has 0 spiro atoms. The molecule has 0 aliphatic rings. The molecule has 0 rings (SSSR count). The van der Waals surface area contributed by atoms with Gasteiger partial charge in [0.1, 0.15) is 0 Å². The van der Waals surface area contributed by atoms with Crippen molar-refractivity contribution >= 4 is 33.0 Å². The number of hydrogen-bond donors (Lipinski definition) is 1. The van der Waals surface area contributed by atoms with Gasteiger partial charge in [0.2, 0.25) is 0 Å². The Kier molecular flexibility index (Phi) is 12.5. The van der Waals surface area contributed by atoms with Crippen LogP contribution in [0.4, 0.5) is 4.79 Å². The predicted octanol–water partition coefficient (Wildman–Crippen LogP) is 3.89.